The zero-order valence-electron chi connectivity index (χ0n) is 11.2. The van der Waals surface area contributed by atoms with Gasteiger partial charge in [0.15, 0.2) is 0 Å². The molecule has 1 aliphatic carbocycles. The van der Waals surface area contributed by atoms with Crippen molar-refractivity contribution in [2.24, 2.45) is 5.92 Å². The highest BCUT2D eigenvalue weighted by molar-refractivity contribution is 5.75. The molecule has 1 aliphatic rings. The first-order chi connectivity index (χ1) is 7.59. The van der Waals surface area contributed by atoms with E-state index < -0.39 is 0 Å². The maximum Gasteiger partial charge on any atom is 0.129 e. The van der Waals surface area contributed by atoms with E-state index in [2.05, 4.69) is 18.9 Å². The summed E-state index contributed by atoms with van der Waals surface area (Å²) in [7, 11) is 2.24. The second kappa shape index (κ2) is 7.05. The zero-order chi connectivity index (χ0) is 12.0. The lowest BCUT2D eigenvalue weighted by molar-refractivity contribution is -0.117. The van der Waals surface area contributed by atoms with Crippen LogP contribution in [0.3, 0.4) is 0 Å². The Hall–Kier alpha value is -0.370. The SMILES string of the molecule is CC(=O)CCCCN(C)C1CCC(C)CC1. The number of Topliss-reactive ketones (excluding diaryl/α,β-unsaturated/α-hetero) is 1. The Morgan fingerprint density at radius 3 is 2.38 bits per heavy atom. The van der Waals surface area contributed by atoms with Gasteiger partial charge in [0.2, 0.25) is 0 Å². The van der Waals surface area contributed by atoms with E-state index in [1.165, 1.54) is 32.1 Å². The van der Waals surface area contributed by atoms with Crippen LogP contribution in [0.2, 0.25) is 0 Å². The Morgan fingerprint density at radius 2 is 1.81 bits per heavy atom. The van der Waals surface area contributed by atoms with Crippen molar-refractivity contribution in [2.45, 2.75) is 64.8 Å². The van der Waals surface area contributed by atoms with Gasteiger partial charge in [0, 0.05) is 12.5 Å². The van der Waals surface area contributed by atoms with Crippen molar-refractivity contribution in [1.82, 2.24) is 4.90 Å². The number of hydrogen-bond donors (Lipinski definition) is 0. The smallest absolute Gasteiger partial charge is 0.129 e. The molecule has 0 N–H and O–H groups in total. The molecule has 0 aromatic carbocycles. The lowest BCUT2D eigenvalue weighted by Gasteiger charge is -2.33. The molecular formula is C14H27NO. The van der Waals surface area contributed by atoms with Crippen LogP contribution in [0.15, 0.2) is 0 Å². The normalized spacial score (nSPS) is 26.0. The largest absolute Gasteiger partial charge is 0.303 e. The minimum Gasteiger partial charge on any atom is -0.303 e. The molecule has 1 rings (SSSR count). The molecule has 0 heterocycles. The molecule has 0 aromatic rings. The number of rotatable bonds is 6. The van der Waals surface area contributed by atoms with Gasteiger partial charge in [0.25, 0.3) is 0 Å². The average molecular weight is 225 g/mol. The lowest BCUT2D eigenvalue weighted by atomic mass is 9.87. The average Bonchev–Trinajstić information content (AvgIpc) is 2.25. The molecule has 0 radical (unpaired) electrons. The third-order valence-electron chi connectivity index (χ3n) is 3.90. The lowest BCUT2D eigenvalue weighted by Crippen LogP contribution is -2.35. The first-order valence-electron chi connectivity index (χ1n) is 6.79. The summed E-state index contributed by atoms with van der Waals surface area (Å²) in [4.78, 5) is 13.3. The second-order valence-electron chi connectivity index (χ2n) is 5.55. The number of hydrogen-bond acceptors (Lipinski definition) is 2. The molecule has 1 fully saturated rings. The van der Waals surface area contributed by atoms with E-state index in [9.17, 15) is 4.79 Å². The van der Waals surface area contributed by atoms with Crippen molar-refractivity contribution < 1.29 is 4.79 Å². The minimum atomic E-state index is 0.328. The maximum absolute atomic E-state index is 10.8. The van der Waals surface area contributed by atoms with Gasteiger partial charge >= 0.3 is 0 Å². The molecule has 2 heteroatoms. The van der Waals surface area contributed by atoms with E-state index in [0.717, 1.165) is 31.3 Å². The van der Waals surface area contributed by atoms with Gasteiger partial charge in [-0.1, -0.05) is 6.92 Å². The van der Waals surface area contributed by atoms with Crippen LogP contribution in [0.4, 0.5) is 0 Å². The van der Waals surface area contributed by atoms with Crippen molar-refractivity contribution in [3.05, 3.63) is 0 Å². The number of carbonyl (C=O) groups is 1. The highest BCUT2D eigenvalue weighted by atomic mass is 16.1. The van der Waals surface area contributed by atoms with Gasteiger partial charge in [-0.15, -0.1) is 0 Å². The van der Waals surface area contributed by atoms with Crippen LogP contribution in [-0.4, -0.2) is 30.3 Å². The molecule has 0 unspecified atom stereocenters. The summed E-state index contributed by atoms with van der Waals surface area (Å²) < 4.78 is 0. The van der Waals surface area contributed by atoms with E-state index in [1.807, 2.05) is 0 Å². The standard InChI is InChI=1S/C14H27NO/c1-12-7-9-14(10-8-12)15(3)11-5-4-6-13(2)16/h12,14H,4-11H2,1-3H3. The van der Waals surface area contributed by atoms with E-state index in [1.54, 1.807) is 6.92 Å². The predicted octanol–water partition coefficient (Wildman–Crippen LogP) is 3.26. The topological polar surface area (TPSA) is 20.3 Å². The number of carbonyl (C=O) groups excluding carboxylic acids is 1. The van der Waals surface area contributed by atoms with E-state index in [4.69, 9.17) is 0 Å². The number of nitrogens with zero attached hydrogens (tertiary/aromatic N) is 1. The Morgan fingerprint density at radius 1 is 1.19 bits per heavy atom. The van der Waals surface area contributed by atoms with Gasteiger partial charge in [0.1, 0.15) is 5.78 Å². The van der Waals surface area contributed by atoms with Gasteiger partial charge in [0.05, 0.1) is 0 Å². The zero-order valence-corrected chi connectivity index (χ0v) is 11.2. The molecular weight excluding hydrogens is 198 g/mol. The van der Waals surface area contributed by atoms with E-state index in [0.29, 0.717) is 5.78 Å². The highest BCUT2D eigenvalue weighted by Gasteiger charge is 2.20. The first-order valence-corrected chi connectivity index (χ1v) is 6.79. The van der Waals surface area contributed by atoms with Crippen LogP contribution >= 0.6 is 0 Å². The predicted molar refractivity (Wildman–Crippen MR) is 68.6 cm³/mol. The molecule has 2 nitrogen and oxygen atoms in total. The van der Waals surface area contributed by atoms with E-state index >= 15 is 0 Å². The Labute approximate surface area is 100 Å². The maximum atomic E-state index is 10.8. The summed E-state index contributed by atoms with van der Waals surface area (Å²) in [6, 6.07) is 0.800. The summed E-state index contributed by atoms with van der Waals surface area (Å²) in [6.45, 7) is 5.21. The van der Waals surface area contributed by atoms with Crippen LogP contribution in [0.1, 0.15) is 58.8 Å². The summed E-state index contributed by atoms with van der Waals surface area (Å²) in [5, 5.41) is 0. The summed E-state index contributed by atoms with van der Waals surface area (Å²) in [6.07, 6.45) is 8.50. The Kier molecular flexibility index (Phi) is 6.04. The second-order valence-corrected chi connectivity index (χ2v) is 5.55. The fraction of sp³-hybridized carbons (Fsp3) is 0.929. The summed E-state index contributed by atoms with van der Waals surface area (Å²) >= 11 is 0. The van der Waals surface area contributed by atoms with Crippen LogP contribution in [0, 0.1) is 5.92 Å². The molecule has 0 saturated heterocycles. The first kappa shape index (κ1) is 13.7. The van der Waals surface area contributed by atoms with Crippen LogP contribution in [0.5, 0.6) is 0 Å². The number of ketones is 1. The summed E-state index contributed by atoms with van der Waals surface area (Å²) in [5.74, 6) is 1.26. The fourth-order valence-corrected chi connectivity index (χ4v) is 2.60. The van der Waals surface area contributed by atoms with Crippen molar-refractivity contribution in [3.63, 3.8) is 0 Å². The van der Waals surface area contributed by atoms with Crippen molar-refractivity contribution >= 4 is 5.78 Å². The van der Waals surface area contributed by atoms with E-state index in [-0.39, 0.29) is 0 Å². The van der Waals surface area contributed by atoms with Crippen molar-refractivity contribution in [1.29, 1.82) is 0 Å². The van der Waals surface area contributed by atoms with Crippen molar-refractivity contribution in [2.75, 3.05) is 13.6 Å². The van der Waals surface area contributed by atoms with Gasteiger partial charge in [-0.3, -0.25) is 0 Å². The summed E-state index contributed by atoms with van der Waals surface area (Å²) in [5.41, 5.74) is 0. The quantitative estimate of drug-likeness (QED) is 0.647. The van der Waals surface area contributed by atoms with Gasteiger partial charge in [-0.25, -0.2) is 0 Å². The number of unbranched alkanes of at least 4 members (excludes halogenated alkanes) is 1. The van der Waals surface area contributed by atoms with Gasteiger partial charge in [-0.05, 0) is 65.0 Å². The Balaban J connectivity index is 2.10. The van der Waals surface area contributed by atoms with Crippen LogP contribution < -0.4 is 0 Å². The highest BCUT2D eigenvalue weighted by Crippen LogP contribution is 2.26. The molecule has 16 heavy (non-hydrogen) atoms. The monoisotopic (exact) mass is 225 g/mol. The third kappa shape index (κ3) is 5.11. The molecule has 0 amide bonds. The van der Waals surface area contributed by atoms with Crippen molar-refractivity contribution in [3.8, 4) is 0 Å². The molecule has 0 spiro atoms. The van der Waals surface area contributed by atoms with Crippen LogP contribution in [-0.2, 0) is 4.79 Å². The van der Waals surface area contributed by atoms with Gasteiger partial charge in [-0.2, -0.15) is 0 Å². The molecule has 0 aliphatic heterocycles. The fourth-order valence-electron chi connectivity index (χ4n) is 2.60. The minimum absolute atomic E-state index is 0.328. The van der Waals surface area contributed by atoms with Crippen LogP contribution in [0.25, 0.3) is 0 Å². The molecule has 0 aromatic heterocycles. The Bertz CT molecular complexity index is 207. The molecule has 0 atom stereocenters. The van der Waals surface area contributed by atoms with Gasteiger partial charge < -0.3 is 9.69 Å². The molecule has 0 bridgehead atoms. The molecule has 94 valence electrons. The third-order valence-corrected chi connectivity index (χ3v) is 3.90. The molecule has 1 saturated carbocycles.